The summed E-state index contributed by atoms with van der Waals surface area (Å²) in [6.45, 7) is 4.69. The third kappa shape index (κ3) is 4.48. The van der Waals surface area contributed by atoms with Crippen molar-refractivity contribution in [2.45, 2.75) is 19.3 Å². The molecule has 3 N–H and O–H groups in total. The molecule has 88 valence electrons. The standard InChI is InChI=1S/C10H21N3O2/c11-10(15)13-6-3-5-12(7-8-13)4-1-2-9-14/h14H,1-9H2,(H2,11,15). The van der Waals surface area contributed by atoms with Gasteiger partial charge >= 0.3 is 6.03 Å². The van der Waals surface area contributed by atoms with E-state index in [1.807, 2.05) is 0 Å². The van der Waals surface area contributed by atoms with Crippen LogP contribution >= 0.6 is 0 Å². The fourth-order valence-corrected chi connectivity index (χ4v) is 1.86. The fourth-order valence-electron chi connectivity index (χ4n) is 1.86. The van der Waals surface area contributed by atoms with Crippen molar-refractivity contribution in [3.05, 3.63) is 0 Å². The zero-order valence-corrected chi connectivity index (χ0v) is 9.19. The lowest BCUT2D eigenvalue weighted by Crippen LogP contribution is -2.38. The summed E-state index contributed by atoms with van der Waals surface area (Å²) < 4.78 is 0. The number of amides is 2. The monoisotopic (exact) mass is 215 g/mol. The van der Waals surface area contributed by atoms with Gasteiger partial charge in [-0.2, -0.15) is 0 Å². The van der Waals surface area contributed by atoms with Gasteiger partial charge in [0.1, 0.15) is 0 Å². The van der Waals surface area contributed by atoms with E-state index in [2.05, 4.69) is 4.90 Å². The van der Waals surface area contributed by atoms with Gasteiger partial charge in [0.15, 0.2) is 0 Å². The van der Waals surface area contributed by atoms with Crippen molar-refractivity contribution in [1.82, 2.24) is 9.80 Å². The van der Waals surface area contributed by atoms with E-state index < -0.39 is 0 Å². The predicted molar refractivity (Wildman–Crippen MR) is 58.5 cm³/mol. The Balaban J connectivity index is 2.23. The number of aliphatic hydroxyl groups is 1. The SMILES string of the molecule is NC(=O)N1CCCN(CCCCO)CC1. The van der Waals surface area contributed by atoms with Crippen LogP contribution in [0.1, 0.15) is 19.3 Å². The van der Waals surface area contributed by atoms with E-state index in [1.165, 1.54) is 0 Å². The molecule has 1 heterocycles. The Bertz CT molecular complexity index is 199. The predicted octanol–water partition coefficient (Wildman–Crippen LogP) is -0.155. The van der Waals surface area contributed by atoms with Crippen LogP contribution in [0.4, 0.5) is 4.79 Å². The summed E-state index contributed by atoms with van der Waals surface area (Å²) in [6.07, 6.45) is 2.87. The summed E-state index contributed by atoms with van der Waals surface area (Å²) in [5, 5.41) is 8.68. The molecule has 0 radical (unpaired) electrons. The summed E-state index contributed by atoms with van der Waals surface area (Å²) in [4.78, 5) is 15.0. The van der Waals surface area contributed by atoms with Gasteiger partial charge in [-0.05, 0) is 32.4 Å². The highest BCUT2D eigenvalue weighted by Crippen LogP contribution is 2.04. The molecule has 5 heteroatoms. The molecule has 0 unspecified atom stereocenters. The highest BCUT2D eigenvalue weighted by atomic mass is 16.2. The maximum Gasteiger partial charge on any atom is 0.314 e. The average molecular weight is 215 g/mol. The fraction of sp³-hybridized carbons (Fsp3) is 0.900. The molecule has 15 heavy (non-hydrogen) atoms. The van der Waals surface area contributed by atoms with Crippen LogP contribution in [0.25, 0.3) is 0 Å². The first-order valence-electron chi connectivity index (χ1n) is 5.61. The van der Waals surface area contributed by atoms with Crippen molar-refractivity contribution in [2.24, 2.45) is 5.73 Å². The van der Waals surface area contributed by atoms with Crippen molar-refractivity contribution < 1.29 is 9.90 Å². The Labute approximate surface area is 90.8 Å². The maximum atomic E-state index is 11.0. The van der Waals surface area contributed by atoms with E-state index in [1.54, 1.807) is 4.90 Å². The number of carbonyl (C=O) groups is 1. The summed E-state index contributed by atoms with van der Waals surface area (Å²) in [6, 6.07) is -0.313. The second kappa shape index (κ2) is 6.63. The Morgan fingerprint density at radius 2 is 2.00 bits per heavy atom. The number of hydrogen-bond donors (Lipinski definition) is 2. The van der Waals surface area contributed by atoms with Gasteiger partial charge < -0.3 is 20.6 Å². The number of hydrogen-bond acceptors (Lipinski definition) is 3. The van der Waals surface area contributed by atoms with Crippen molar-refractivity contribution in [3.8, 4) is 0 Å². The zero-order chi connectivity index (χ0) is 11.1. The molecule has 2 amide bonds. The second-order valence-electron chi connectivity index (χ2n) is 3.95. The Kier molecular flexibility index (Phi) is 5.42. The quantitative estimate of drug-likeness (QED) is 0.640. The number of nitrogens with zero attached hydrogens (tertiary/aromatic N) is 2. The third-order valence-electron chi connectivity index (χ3n) is 2.78. The van der Waals surface area contributed by atoms with Crippen molar-refractivity contribution >= 4 is 6.03 Å². The molecule has 1 fully saturated rings. The maximum absolute atomic E-state index is 11.0. The van der Waals surface area contributed by atoms with E-state index in [0.29, 0.717) is 0 Å². The zero-order valence-electron chi connectivity index (χ0n) is 9.19. The molecule has 1 aliphatic rings. The molecule has 0 aliphatic carbocycles. The van der Waals surface area contributed by atoms with E-state index in [9.17, 15) is 4.79 Å². The van der Waals surface area contributed by atoms with E-state index in [-0.39, 0.29) is 12.6 Å². The normalized spacial score (nSPS) is 18.9. The van der Waals surface area contributed by atoms with E-state index in [4.69, 9.17) is 10.8 Å². The smallest absolute Gasteiger partial charge is 0.314 e. The number of aliphatic hydroxyl groups excluding tert-OH is 1. The van der Waals surface area contributed by atoms with Gasteiger partial charge in [-0.25, -0.2) is 4.79 Å². The van der Waals surface area contributed by atoms with Crippen LogP contribution in [0.5, 0.6) is 0 Å². The number of urea groups is 1. The molecule has 1 rings (SSSR count). The van der Waals surface area contributed by atoms with E-state index >= 15 is 0 Å². The van der Waals surface area contributed by atoms with Crippen molar-refractivity contribution in [1.29, 1.82) is 0 Å². The van der Waals surface area contributed by atoms with Crippen LogP contribution in [-0.2, 0) is 0 Å². The number of carbonyl (C=O) groups excluding carboxylic acids is 1. The molecule has 1 saturated heterocycles. The van der Waals surface area contributed by atoms with Gasteiger partial charge in [0.25, 0.3) is 0 Å². The highest BCUT2D eigenvalue weighted by Gasteiger charge is 2.16. The number of nitrogens with two attached hydrogens (primary N) is 1. The van der Waals surface area contributed by atoms with E-state index in [0.717, 1.165) is 52.0 Å². The number of rotatable bonds is 4. The Morgan fingerprint density at radius 3 is 2.67 bits per heavy atom. The molecular weight excluding hydrogens is 194 g/mol. The van der Waals surface area contributed by atoms with Gasteiger partial charge in [0.2, 0.25) is 0 Å². The number of unbranched alkanes of at least 4 members (excludes halogenated alkanes) is 1. The molecule has 0 aromatic carbocycles. The minimum Gasteiger partial charge on any atom is -0.396 e. The first kappa shape index (κ1) is 12.3. The van der Waals surface area contributed by atoms with Gasteiger partial charge in [0, 0.05) is 26.2 Å². The highest BCUT2D eigenvalue weighted by molar-refractivity contribution is 5.71. The number of primary amides is 1. The van der Waals surface area contributed by atoms with Crippen LogP contribution < -0.4 is 5.73 Å². The summed E-state index contributed by atoms with van der Waals surface area (Å²) >= 11 is 0. The molecule has 0 bridgehead atoms. The molecule has 5 nitrogen and oxygen atoms in total. The first-order valence-corrected chi connectivity index (χ1v) is 5.61. The van der Waals surface area contributed by atoms with Gasteiger partial charge in [-0.1, -0.05) is 0 Å². The van der Waals surface area contributed by atoms with Gasteiger partial charge in [-0.3, -0.25) is 0 Å². The second-order valence-corrected chi connectivity index (χ2v) is 3.95. The van der Waals surface area contributed by atoms with Crippen LogP contribution in [0.2, 0.25) is 0 Å². The summed E-state index contributed by atoms with van der Waals surface area (Å²) in [5.41, 5.74) is 5.24. The minimum atomic E-state index is -0.313. The van der Waals surface area contributed by atoms with Crippen LogP contribution in [-0.4, -0.2) is 60.3 Å². The lowest BCUT2D eigenvalue weighted by Gasteiger charge is -2.20. The third-order valence-corrected chi connectivity index (χ3v) is 2.78. The topological polar surface area (TPSA) is 69.8 Å². The first-order chi connectivity index (χ1) is 7.24. The average Bonchev–Trinajstić information content (AvgIpc) is 2.44. The Hall–Kier alpha value is -0.810. The minimum absolute atomic E-state index is 0.265. The molecule has 0 saturated carbocycles. The lowest BCUT2D eigenvalue weighted by molar-refractivity contribution is 0.206. The van der Waals surface area contributed by atoms with Crippen LogP contribution in [0.15, 0.2) is 0 Å². The lowest BCUT2D eigenvalue weighted by atomic mass is 10.3. The van der Waals surface area contributed by atoms with Crippen molar-refractivity contribution in [2.75, 3.05) is 39.3 Å². The van der Waals surface area contributed by atoms with Crippen LogP contribution in [0, 0.1) is 0 Å². The Morgan fingerprint density at radius 1 is 1.20 bits per heavy atom. The molecule has 0 atom stereocenters. The molecule has 1 aliphatic heterocycles. The molecule has 0 aromatic heterocycles. The summed E-state index contributed by atoms with van der Waals surface area (Å²) in [7, 11) is 0. The molecule has 0 spiro atoms. The van der Waals surface area contributed by atoms with Gasteiger partial charge in [0.05, 0.1) is 0 Å². The summed E-state index contributed by atoms with van der Waals surface area (Å²) in [5.74, 6) is 0. The van der Waals surface area contributed by atoms with Crippen molar-refractivity contribution in [3.63, 3.8) is 0 Å². The largest absolute Gasteiger partial charge is 0.396 e. The van der Waals surface area contributed by atoms with Crippen LogP contribution in [0.3, 0.4) is 0 Å². The molecular formula is C10H21N3O2. The molecule has 0 aromatic rings. The van der Waals surface area contributed by atoms with Gasteiger partial charge in [-0.15, -0.1) is 0 Å².